The topological polar surface area (TPSA) is 69.6 Å². The van der Waals surface area contributed by atoms with Crippen LogP contribution in [0.2, 0.25) is 0 Å². The maximum Gasteiger partial charge on any atom is 0.160 e. The Balaban J connectivity index is 2.12. The van der Waals surface area contributed by atoms with Crippen molar-refractivity contribution in [3.63, 3.8) is 0 Å². The van der Waals surface area contributed by atoms with Crippen molar-refractivity contribution in [3.8, 4) is 5.82 Å². The van der Waals surface area contributed by atoms with Gasteiger partial charge >= 0.3 is 0 Å². The highest BCUT2D eigenvalue weighted by molar-refractivity contribution is 5.42. The van der Waals surface area contributed by atoms with E-state index in [1.165, 1.54) is 30.5 Å². The van der Waals surface area contributed by atoms with Crippen LogP contribution in [0.4, 0.5) is 5.82 Å². The van der Waals surface area contributed by atoms with Crippen LogP contribution >= 0.6 is 0 Å². The van der Waals surface area contributed by atoms with Gasteiger partial charge in [0.2, 0.25) is 0 Å². The van der Waals surface area contributed by atoms with Crippen LogP contribution in [0.5, 0.6) is 0 Å². The molecule has 0 spiro atoms. The Morgan fingerprint density at radius 3 is 2.78 bits per heavy atom. The van der Waals surface area contributed by atoms with Gasteiger partial charge in [0.1, 0.15) is 12.1 Å². The van der Waals surface area contributed by atoms with E-state index < -0.39 is 0 Å². The zero-order valence-electron chi connectivity index (χ0n) is 10.6. The monoisotopic (exact) mass is 243 g/mol. The van der Waals surface area contributed by atoms with E-state index in [1.807, 2.05) is 13.1 Å². The fourth-order valence-corrected chi connectivity index (χ4v) is 2.46. The fraction of sp³-hybridized carbons (Fsp3) is 0.462. The summed E-state index contributed by atoms with van der Waals surface area (Å²) in [5.74, 6) is 1.46. The Bertz CT molecular complexity index is 553. The smallest absolute Gasteiger partial charge is 0.160 e. The molecule has 2 heterocycles. The van der Waals surface area contributed by atoms with E-state index >= 15 is 0 Å². The van der Waals surface area contributed by atoms with Gasteiger partial charge in [-0.2, -0.15) is 0 Å². The first kappa shape index (κ1) is 11.2. The highest BCUT2D eigenvalue weighted by Gasteiger charge is 2.16. The summed E-state index contributed by atoms with van der Waals surface area (Å²) >= 11 is 0. The molecule has 0 bridgehead atoms. The molecule has 2 aromatic rings. The lowest BCUT2D eigenvalue weighted by Crippen LogP contribution is -2.08. The molecule has 0 fully saturated rings. The van der Waals surface area contributed by atoms with E-state index in [4.69, 9.17) is 5.73 Å². The predicted octanol–water partition coefficient (Wildman–Crippen LogP) is 1.82. The van der Waals surface area contributed by atoms with E-state index in [0.29, 0.717) is 5.82 Å². The van der Waals surface area contributed by atoms with Gasteiger partial charge in [-0.15, -0.1) is 5.10 Å². The van der Waals surface area contributed by atoms with E-state index in [9.17, 15) is 0 Å². The minimum atomic E-state index is 0.566. The van der Waals surface area contributed by atoms with Crippen molar-refractivity contribution in [2.24, 2.45) is 0 Å². The number of rotatable bonds is 1. The van der Waals surface area contributed by atoms with Crippen LogP contribution in [0.25, 0.3) is 5.82 Å². The second-order valence-electron chi connectivity index (χ2n) is 4.83. The number of fused-ring (bicyclic) bond motifs is 1. The van der Waals surface area contributed by atoms with Gasteiger partial charge in [0, 0.05) is 23.0 Å². The third-order valence-corrected chi connectivity index (χ3v) is 3.50. The maximum atomic E-state index is 5.81. The standard InChI is InChI=1S/C13H17N5/c1-9-7-18(17-12(9)14)13-10-5-3-2-4-6-11(10)15-8-16-13/h7-8H,2-6H2,1H3,(H2,14,17). The third-order valence-electron chi connectivity index (χ3n) is 3.50. The van der Waals surface area contributed by atoms with Crippen LogP contribution < -0.4 is 5.73 Å². The van der Waals surface area contributed by atoms with Gasteiger partial charge in [-0.3, -0.25) is 0 Å². The number of aryl methyl sites for hydroxylation is 2. The number of hydrogen-bond acceptors (Lipinski definition) is 4. The molecule has 2 aromatic heterocycles. The molecule has 0 aliphatic heterocycles. The molecule has 1 aliphatic carbocycles. The summed E-state index contributed by atoms with van der Waals surface area (Å²) in [7, 11) is 0. The summed E-state index contributed by atoms with van der Waals surface area (Å²) in [5, 5.41) is 4.32. The first-order valence-electron chi connectivity index (χ1n) is 6.40. The van der Waals surface area contributed by atoms with Crippen LogP contribution in [0.3, 0.4) is 0 Å². The normalized spacial score (nSPS) is 15.2. The molecule has 94 valence electrons. The molecule has 5 heteroatoms. The summed E-state index contributed by atoms with van der Waals surface area (Å²) in [6.45, 7) is 1.96. The maximum absolute atomic E-state index is 5.81. The summed E-state index contributed by atoms with van der Waals surface area (Å²) in [6, 6.07) is 0. The molecule has 0 saturated carbocycles. The molecular weight excluding hydrogens is 226 g/mol. The minimum Gasteiger partial charge on any atom is -0.382 e. The predicted molar refractivity (Wildman–Crippen MR) is 69.6 cm³/mol. The molecule has 0 unspecified atom stereocenters. The number of nitrogen functional groups attached to an aromatic ring is 1. The molecule has 3 rings (SSSR count). The lowest BCUT2D eigenvalue weighted by molar-refractivity contribution is 0.707. The van der Waals surface area contributed by atoms with E-state index in [0.717, 1.165) is 24.2 Å². The van der Waals surface area contributed by atoms with Crippen LogP contribution in [0.1, 0.15) is 36.1 Å². The summed E-state index contributed by atoms with van der Waals surface area (Å²) < 4.78 is 1.79. The molecule has 1 aliphatic rings. The quantitative estimate of drug-likeness (QED) is 0.776. The fourth-order valence-electron chi connectivity index (χ4n) is 2.46. The van der Waals surface area contributed by atoms with Gasteiger partial charge < -0.3 is 5.73 Å². The second kappa shape index (κ2) is 4.40. The van der Waals surface area contributed by atoms with Crippen molar-refractivity contribution in [1.29, 1.82) is 0 Å². The lowest BCUT2D eigenvalue weighted by Gasteiger charge is -2.09. The van der Waals surface area contributed by atoms with Crippen molar-refractivity contribution in [2.75, 3.05) is 5.73 Å². The van der Waals surface area contributed by atoms with Crippen molar-refractivity contribution in [1.82, 2.24) is 19.7 Å². The average Bonchev–Trinajstić information content (AvgIpc) is 2.59. The van der Waals surface area contributed by atoms with Gasteiger partial charge in [-0.05, 0) is 32.6 Å². The Morgan fingerprint density at radius 1 is 1.17 bits per heavy atom. The molecule has 0 saturated heterocycles. The zero-order chi connectivity index (χ0) is 12.5. The molecule has 0 amide bonds. The number of anilines is 1. The van der Waals surface area contributed by atoms with Gasteiger partial charge in [0.15, 0.2) is 5.82 Å². The van der Waals surface area contributed by atoms with Crippen molar-refractivity contribution >= 4 is 5.82 Å². The highest BCUT2D eigenvalue weighted by Crippen LogP contribution is 2.23. The summed E-state index contributed by atoms with van der Waals surface area (Å²) in [6.07, 6.45) is 9.31. The molecule has 5 nitrogen and oxygen atoms in total. The van der Waals surface area contributed by atoms with Gasteiger partial charge in [-0.25, -0.2) is 14.6 Å². The van der Waals surface area contributed by atoms with Crippen LogP contribution in [0.15, 0.2) is 12.5 Å². The number of nitrogens with two attached hydrogens (primary N) is 1. The Morgan fingerprint density at radius 2 is 2.00 bits per heavy atom. The van der Waals surface area contributed by atoms with Crippen molar-refractivity contribution < 1.29 is 0 Å². The van der Waals surface area contributed by atoms with Crippen molar-refractivity contribution in [2.45, 2.75) is 39.0 Å². The number of aromatic nitrogens is 4. The lowest BCUT2D eigenvalue weighted by atomic mass is 10.1. The molecule has 0 radical (unpaired) electrons. The van der Waals surface area contributed by atoms with Crippen LogP contribution in [-0.2, 0) is 12.8 Å². The molecule has 2 N–H and O–H groups in total. The summed E-state index contributed by atoms with van der Waals surface area (Å²) in [5.41, 5.74) is 9.20. The van der Waals surface area contributed by atoms with Gasteiger partial charge in [-0.1, -0.05) is 6.42 Å². The second-order valence-corrected chi connectivity index (χ2v) is 4.83. The Hall–Kier alpha value is -1.91. The van der Waals surface area contributed by atoms with Crippen LogP contribution in [0, 0.1) is 6.92 Å². The van der Waals surface area contributed by atoms with Crippen LogP contribution in [-0.4, -0.2) is 19.7 Å². The van der Waals surface area contributed by atoms with Gasteiger partial charge in [0.05, 0.1) is 0 Å². The SMILES string of the molecule is Cc1cn(-c2ncnc3c2CCCCC3)nc1N. The van der Waals surface area contributed by atoms with E-state index in [2.05, 4.69) is 15.1 Å². The van der Waals surface area contributed by atoms with Gasteiger partial charge in [0.25, 0.3) is 0 Å². The number of hydrogen-bond donors (Lipinski definition) is 1. The third kappa shape index (κ3) is 1.85. The van der Waals surface area contributed by atoms with Crippen molar-refractivity contribution in [3.05, 3.63) is 29.3 Å². The highest BCUT2D eigenvalue weighted by atomic mass is 15.3. The molecular formula is C13H17N5. The van der Waals surface area contributed by atoms with E-state index in [1.54, 1.807) is 11.0 Å². The molecule has 0 aromatic carbocycles. The Kier molecular flexibility index (Phi) is 2.74. The molecule has 18 heavy (non-hydrogen) atoms. The average molecular weight is 243 g/mol. The first-order chi connectivity index (χ1) is 8.75. The minimum absolute atomic E-state index is 0.566. The largest absolute Gasteiger partial charge is 0.382 e. The Labute approximate surface area is 106 Å². The zero-order valence-corrected chi connectivity index (χ0v) is 10.6. The first-order valence-corrected chi connectivity index (χ1v) is 6.40. The van der Waals surface area contributed by atoms with E-state index in [-0.39, 0.29) is 0 Å². The summed E-state index contributed by atoms with van der Waals surface area (Å²) in [4.78, 5) is 8.80. The molecule has 0 atom stereocenters. The number of nitrogens with zero attached hydrogens (tertiary/aromatic N) is 4.